The Balaban J connectivity index is 1.62. The maximum Gasteiger partial charge on any atom is 0.194 e. The largest absolute Gasteiger partial charge is 0.508 e. The summed E-state index contributed by atoms with van der Waals surface area (Å²) in [5, 5.41) is 13.0. The van der Waals surface area contributed by atoms with Crippen molar-refractivity contribution >= 4 is 11.8 Å². The molecule has 0 radical (unpaired) electrons. The summed E-state index contributed by atoms with van der Waals surface area (Å²) in [6, 6.07) is 13.3. The zero-order valence-electron chi connectivity index (χ0n) is 14.6. The molecule has 0 atom stereocenters. The first-order chi connectivity index (χ1) is 12.3. The molecule has 25 heavy (non-hydrogen) atoms. The monoisotopic (exact) mass is 339 g/mol. The summed E-state index contributed by atoms with van der Waals surface area (Å²) in [4.78, 5) is 13.7. The number of hydrogen-bond acceptors (Lipinski definition) is 4. The van der Waals surface area contributed by atoms with Gasteiger partial charge in [-0.3, -0.25) is 0 Å². The number of aliphatic imine (C=N–C) groups is 1. The van der Waals surface area contributed by atoms with Crippen molar-refractivity contribution in [2.45, 2.75) is 13.5 Å². The zero-order chi connectivity index (χ0) is 17.5. The molecule has 0 unspecified atom stereocenters. The fraction of sp³-hybridized carbons (Fsp3) is 0.368. The van der Waals surface area contributed by atoms with Crippen LogP contribution in [0.2, 0.25) is 0 Å². The van der Waals surface area contributed by atoms with E-state index in [9.17, 15) is 5.11 Å². The van der Waals surface area contributed by atoms with Crippen LogP contribution in [0.25, 0.3) is 0 Å². The van der Waals surface area contributed by atoms with Crippen molar-refractivity contribution in [3.8, 4) is 5.75 Å². The number of aromatic hydroxyl groups is 1. The summed E-state index contributed by atoms with van der Waals surface area (Å²) in [5.74, 6) is 2.23. The van der Waals surface area contributed by atoms with Crippen LogP contribution >= 0.6 is 0 Å². The summed E-state index contributed by atoms with van der Waals surface area (Å²) in [5.41, 5.74) is 1.00. The molecule has 1 aromatic carbocycles. The molecule has 132 valence electrons. The third kappa shape index (κ3) is 4.62. The smallest absolute Gasteiger partial charge is 0.194 e. The van der Waals surface area contributed by atoms with E-state index in [1.54, 1.807) is 12.1 Å². The predicted octanol–water partition coefficient (Wildman–Crippen LogP) is 2.07. The summed E-state index contributed by atoms with van der Waals surface area (Å²) >= 11 is 0. The Hall–Kier alpha value is -2.76. The highest BCUT2D eigenvalue weighted by Gasteiger charge is 2.20. The quantitative estimate of drug-likeness (QED) is 0.659. The second-order valence-corrected chi connectivity index (χ2v) is 6.00. The highest BCUT2D eigenvalue weighted by molar-refractivity contribution is 5.80. The summed E-state index contributed by atoms with van der Waals surface area (Å²) in [7, 11) is 0. The number of benzene rings is 1. The van der Waals surface area contributed by atoms with Crippen LogP contribution in [0.15, 0.2) is 53.7 Å². The van der Waals surface area contributed by atoms with E-state index in [1.807, 2.05) is 30.5 Å². The standard InChI is InChI=1S/C19H25N5O/c1-2-20-19(22-15-16-6-5-7-17(25)14-16)24-12-10-23(11-13-24)18-8-3-4-9-21-18/h3-9,14,25H,2,10-13,15H2,1H3,(H,20,22). The van der Waals surface area contributed by atoms with Gasteiger partial charge in [0.1, 0.15) is 11.6 Å². The number of nitrogens with one attached hydrogen (secondary N) is 1. The van der Waals surface area contributed by atoms with E-state index in [1.165, 1.54) is 0 Å². The number of nitrogens with zero attached hydrogens (tertiary/aromatic N) is 4. The molecule has 2 heterocycles. The van der Waals surface area contributed by atoms with E-state index >= 15 is 0 Å². The summed E-state index contributed by atoms with van der Waals surface area (Å²) in [6.45, 7) is 7.12. The normalized spacial score (nSPS) is 15.3. The highest BCUT2D eigenvalue weighted by atomic mass is 16.3. The lowest BCUT2D eigenvalue weighted by Crippen LogP contribution is -2.52. The maximum absolute atomic E-state index is 9.58. The van der Waals surface area contributed by atoms with Crippen molar-refractivity contribution in [2.24, 2.45) is 4.99 Å². The lowest BCUT2D eigenvalue weighted by molar-refractivity contribution is 0.371. The molecule has 0 spiro atoms. The maximum atomic E-state index is 9.58. The second-order valence-electron chi connectivity index (χ2n) is 6.00. The molecule has 0 bridgehead atoms. The number of rotatable bonds is 4. The predicted molar refractivity (Wildman–Crippen MR) is 101 cm³/mol. The SMILES string of the molecule is CCNC(=NCc1cccc(O)c1)N1CCN(c2ccccn2)CC1. The molecule has 2 N–H and O–H groups in total. The Bertz CT molecular complexity index is 696. The van der Waals surface area contributed by atoms with Crippen molar-refractivity contribution in [3.05, 3.63) is 54.2 Å². The van der Waals surface area contributed by atoms with E-state index in [0.29, 0.717) is 6.54 Å². The van der Waals surface area contributed by atoms with Crippen LogP contribution < -0.4 is 10.2 Å². The molecule has 0 saturated carbocycles. The number of anilines is 1. The van der Waals surface area contributed by atoms with Gasteiger partial charge in [-0.2, -0.15) is 0 Å². The van der Waals surface area contributed by atoms with Crippen molar-refractivity contribution < 1.29 is 5.11 Å². The Morgan fingerprint density at radius 2 is 2.00 bits per heavy atom. The number of aromatic nitrogens is 1. The molecule has 6 heteroatoms. The van der Waals surface area contributed by atoms with E-state index in [0.717, 1.165) is 50.1 Å². The second kappa shape index (κ2) is 8.37. The van der Waals surface area contributed by atoms with Crippen LogP contribution in [0.5, 0.6) is 5.75 Å². The van der Waals surface area contributed by atoms with Gasteiger partial charge in [0.15, 0.2) is 5.96 Å². The first-order valence-electron chi connectivity index (χ1n) is 8.73. The molecule has 1 fully saturated rings. The molecule has 1 aromatic heterocycles. The Morgan fingerprint density at radius 1 is 1.16 bits per heavy atom. The van der Waals surface area contributed by atoms with Crippen LogP contribution in [0.1, 0.15) is 12.5 Å². The molecule has 6 nitrogen and oxygen atoms in total. The van der Waals surface area contributed by atoms with Crippen LogP contribution in [-0.4, -0.2) is 53.7 Å². The van der Waals surface area contributed by atoms with Gasteiger partial charge in [0.2, 0.25) is 0 Å². The molecule has 1 aliphatic rings. The van der Waals surface area contributed by atoms with Gasteiger partial charge in [0, 0.05) is 38.9 Å². The van der Waals surface area contributed by atoms with Gasteiger partial charge in [0.25, 0.3) is 0 Å². The molecule has 3 rings (SSSR count). The van der Waals surface area contributed by atoms with E-state index in [-0.39, 0.29) is 5.75 Å². The lowest BCUT2D eigenvalue weighted by Gasteiger charge is -2.37. The Labute approximate surface area is 148 Å². The number of piperazine rings is 1. The van der Waals surface area contributed by atoms with Gasteiger partial charge in [-0.1, -0.05) is 18.2 Å². The van der Waals surface area contributed by atoms with Gasteiger partial charge >= 0.3 is 0 Å². The third-order valence-corrected chi connectivity index (χ3v) is 4.21. The minimum Gasteiger partial charge on any atom is -0.508 e. The van der Waals surface area contributed by atoms with E-state index < -0.39 is 0 Å². The first kappa shape index (κ1) is 17.1. The van der Waals surface area contributed by atoms with Crippen LogP contribution in [0.3, 0.4) is 0 Å². The minimum atomic E-state index is 0.279. The average Bonchev–Trinajstić information content (AvgIpc) is 2.66. The number of phenols is 1. The van der Waals surface area contributed by atoms with Crippen LogP contribution in [0, 0.1) is 0 Å². The lowest BCUT2D eigenvalue weighted by atomic mass is 10.2. The van der Waals surface area contributed by atoms with Gasteiger partial charge < -0.3 is 20.2 Å². The van der Waals surface area contributed by atoms with Gasteiger partial charge in [0.05, 0.1) is 6.54 Å². The topological polar surface area (TPSA) is 64.0 Å². The van der Waals surface area contributed by atoms with Crippen molar-refractivity contribution in [1.29, 1.82) is 0 Å². The molecule has 1 aliphatic heterocycles. The summed E-state index contributed by atoms with van der Waals surface area (Å²) < 4.78 is 0. The zero-order valence-corrected chi connectivity index (χ0v) is 14.6. The molecule has 1 saturated heterocycles. The molecular weight excluding hydrogens is 314 g/mol. The molecule has 0 aliphatic carbocycles. The first-order valence-corrected chi connectivity index (χ1v) is 8.73. The van der Waals surface area contributed by atoms with Gasteiger partial charge in [-0.15, -0.1) is 0 Å². The number of phenolic OH excluding ortho intramolecular Hbond substituents is 1. The number of pyridine rings is 1. The molecular formula is C19H25N5O. The molecule has 2 aromatic rings. The number of guanidine groups is 1. The van der Waals surface area contributed by atoms with Crippen LogP contribution in [-0.2, 0) is 6.54 Å². The molecule has 0 amide bonds. The van der Waals surface area contributed by atoms with Gasteiger partial charge in [-0.05, 0) is 36.8 Å². The summed E-state index contributed by atoms with van der Waals surface area (Å²) in [6.07, 6.45) is 1.84. The van der Waals surface area contributed by atoms with Crippen molar-refractivity contribution in [1.82, 2.24) is 15.2 Å². The number of hydrogen-bond donors (Lipinski definition) is 2. The fourth-order valence-electron chi connectivity index (χ4n) is 2.93. The van der Waals surface area contributed by atoms with Crippen molar-refractivity contribution in [2.75, 3.05) is 37.6 Å². The van der Waals surface area contributed by atoms with E-state index in [4.69, 9.17) is 4.99 Å². The van der Waals surface area contributed by atoms with Gasteiger partial charge in [-0.25, -0.2) is 9.98 Å². The fourth-order valence-corrected chi connectivity index (χ4v) is 2.93. The van der Waals surface area contributed by atoms with E-state index in [2.05, 4.69) is 33.1 Å². The Kier molecular flexibility index (Phi) is 5.72. The minimum absolute atomic E-state index is 0.279. The van der Waals surface area contributed by atoms with Crippen molar-refractivity contribution in [3.63, 3.8) is 0 Å². The average molecular weight is 339 g/mol. The van der Waals surface area contributed by atoms with Crippen LogP contribution in [0.4, 0.5) is 5.82 Å². The highest BCUT2D eigenvalue weighted by Crippen LogP contribution is 2.14. The third-order valence-electron chi connectivity index (χ3n) is 4.21. The Morgan fingerprint density at radius 3 is 2.68 bits per heavy atom.